The molecule has 2 aliphatic rings. The third kappa shape index (κ3) is 4.50. The number of anilines is 1. The van der Waals surface area contributed by atoms with E-state index in [0.29, 0.717) is 17.6 Å². The molecule has 25 heavy (non-hydrogen) atoms. The van der Waals surface area contributed by atoms with Gasteiger partial charge in [-0.2, -0.15) is 0 Å². The number of hydrogen-bond donors (Lipinski definition) is 3. The van der Waals surface area contributed by atoms with E-state index in [1.54, 1.807) is 6.20 Å². The van der Waals surface area contributed by atoms with Crippen LogP contribution in [0.5, 0.6) is 0 Å². The van der Waals surface area contributed by atoms with Crippen molar-refractivity contribution >= 4 is 5.82 Å². The van der Waals surface area contributed by atoms with E-state index < -0.39 is 6.29 Å². The van der Waals surface area contributed by atoms with Gasteiger partial charge in [-0.05, 0) is 31.4 Å². The van der Waals surface area contributed by atoms with Crippen LogP contribution < -0.4 is 10.2 Å². The van der Waals surface area contributed by atoms with Crippen LogP contribution in [-0.4, -0.2) is 54.1 Å². The summed E-state index contributed by atoms with van der Waals surface area (Å²) in [5.74, 6) is 0.927. The Balaban J connectivity index is 1.67. The highest BCUT2D eigenvalue weighted by molar-refractivity contribution is 5.48. The number of pyridine rings is 1. The SMILES string of the molecule is COC(O)c1cccnc1N1CCC(NC2CCCCC2)C(CO)C1. The van der Waals surface area contributed by atoms with Crippen molar-refractivity contribution in [2.45, 2.75) is 56.9 Å². The second kappa shape index (κ2) is 8.94. The van der Waals surface area contributed by atoms with E-state index in [1.165, 1.54) is 39.2 Å². The molecule has 1 aromatic heterocycles. The maximum Gasteiger partial charge on any atom is 0.184 e. The first-order valence-corrected chi connectivity index (χ1v) is 9.50. The summed E-state index contributed by atoms with van der Waals surface area (Å²) in [6.45, 7) is 1.76. The molecule has 1 saturated carbocycles. The second-order valence-corrected chi connectivity index (χ2v) is 7.29. The van der Waals surface area contributed by atoms with Crippen molar-refractivity contribution < 1.29 is 14.9 Å². The van der Waals surface area contributed by atoms with Gasteiger partial charge >= 0.3 is 0 Å². The lowest BCUT2D eigenvalue weighted by atomic mass is 9.89. The average Bonchev–Trinajstić information content (AvgIpc) is 2.68. The lowest BCUT2D eigenvalue weighted by molar-refractivity contribution is -0.0768. The third-order valence-electron chi connectivity index (χ3n) is 5.63. The van der Waals surface area contributed by atoms with Crippen LogP contribution in [0.1, 0.15) is 50.4 Å². The molecule has 0 amide bonds. The van der Waals surface area contributed by atoms with Gasteiger partial charge in [0.2, 0.25) is 0 Å². The van der Waals surface area contributed by atoms with Crippen molar-refractivity contribution in [1.82, 2.24) is 10.3 Å². The van der Waals surface area contributed by atoms with Crippen LogP contribution in [0, 0.1) is 5.92 Å². The highest BCUT2D eigenvalue weighted by atomic mass is 16.6. The Morgan fingerprint density at radius 1 is 1.32 bits per heavy atom. The number of methoxy groups -OCH3 is 1. The van der Waals surface area contributed by atoms with Gasteiger partial charge in [0.05, 0.1) is 5.56 Å². The van der Waals surface area contributed by atoms with Gasteiger partial charge in [0.15, 0.2) is 6.29 Å². The van der Waals surface area contributed by atoms with Gasteiger partial charge < -0.3 is 25.2 Å². The zero-order valence-corrected chi connectivity index (χ0v) is 15.1. The average molecular weight is 349 g/mol. The first-order valence-electron chi connectivity index (χ1n) is 9.50. The molecule has 6 heteroatoms. The number of ether oxygens (including phenoxy) is 1. The minimum Gasteiger partial charge on any atom is -0.396 e. The van der Waals surface area contributed by atoms with Crippen LogP contribution in [0.3, 0.4) is 0 Å². The molecule has 0 aromatic carbocycles. The molecule has 1 aliphatic heterocycles. The van der Waals surface area contributed by atoms with Gasteiger partial charge in [-0.25, -0.2) is 4.98 Å². The smallest absolute Gasteiger partial charge is 0.184 e. The van der Waals surface area contributed by atoms with Crippen molar-refractivity contribution in [2.75, 3.05) is 31.7 Å². The Kier molecular flexibility index (Phi) is 6.64. The fourth-order valence-corrected chi connectivity index (χ4v) is 4.19. The number of aromatic nitrogens is 1. The lowest BCUT2D eigenvalue weighted by Crippen LogP contribution is -2.54. The third-order valence-corrected chi connectivity index (χ3v) is 5.63. The van der Waals surface area contributed by atoms with Gasteiger partial charge in [0.25, 0.3) is 0 Å². The van der Waals surface area contributed by atoms with Gasteiger partial charge in [-0.1, -0.05) is 19.3 Å². The summed E-state index contributed by atoms with van der Waals surface area (Å²) >= 11 is 0. The number of rotatable bonds is 6. The van der Waals surface area contributed by atoms with Crippen LogP contribution in [0.4, 0.5) is 5.82 Å². The Morgan fingerprint density at radius 2 is 2.12 bits per heavy atom. The highest BCUT2D eigenvalue weighted by Crippen LogP contribution is 2.29. The standard InChI is InChI=1S/C19H31N3O3/c1-25-19(24)16-8-5-10-20-18(16)22-11-9-17(14(12-22)13-23)21-15-6-3-2-4-7-15/h5,8,10,14-15,17,19,21,23-24H,2-4,6-7,9,11-13H2,1H3. The first-order chi connectivity index (χ1) is 12.2. The maximum absolute atomic E-state index is 10.1. The predicted molar refractivity (Wildman–Crippen MR) is 97.4 cm³/mol. The molecule has 3 unspecified atom stereocenters. The Labute approximate surface area is 150 Å². The second-order valence-electron chi connectivity index (χ2n) is 7.29. The van der Waals surface area contributed by atoms with Crippen molar-refractivity contribution in [3.05, 3.63) is 23.9 Å². The van der Waals surface area contributed by atoms with E-state index in [1.807, 2.05) is 12.1 Å². The van der Waals surface area contributed by atoms with E-state index in [2.05, 4.69) is 15.2 Å². The van der Waals surface area contributed by atoms with Crippen LogP contribution >= 0.6 is 0 Å². The minimum absolute atomic E-state index is 0.163. The quantitative estimate of drug-likeness (QED) is 0.680. The van der Waals surface area contributed by atoms with E-state index in [-0.39, 0.29) is 12.5 Å². The Morgan fingerprint density at radius 3 is 2.84 bits per heavy atom. The van der Waals surface area contributed by atoms with Crippen LogP contribution in [0.15, 0.2) is 18.3 Å². The normalized spacial score (nSPS) is 26.6. The molecule has 2 heterocycles. The van der Waals surface area contributed by atoms with Crippen molar-refractivity contribution in [3.63, 3.8) is 0 Å². The largest absolute Gasteiger partial charge is 0.396 e. The fraction of sp³-hybridized carbons (Fsp3) is 0.737. The Hall–Kier alpha value is -1.21. The topological polar surface area (TPSA) is 77.9 Å². The van der Waals surface area contributed by atoms with E-state index >= 15 is 0 Å². The monoisotopic (exact) mass is 349 g/mol. The summed E-state index contributed by atoms with van der Waals surface area (Å²) in [6, 6.07) is 4.60. The van der Waals surface area contributed by atoms with E-state index in [4.69, 9.17) is 4.74 Å². The van der Waals surface area contributed by atoms with Crippen molar-refractivity contribution in [1.29, 1.82) is 0 Å². The number of aliphatic hydroxyl groups excluding tert-OH is 2. The molecular formula is C19H31N3O3. The molecule has 1 aliphatic carbocycles. The number of piperidine rings is 1. The van der Waals surface area contributed by atoms with Crippen LogP contribution in [0.2, 0.25) is 0 Å². The minimum atomic E-state index is -0.977. The molecule has 3 rings (SSSR count). The van der Waals surface area contributed by atoms with E-state index in [9.17, 15) is 10.2 Å². The summed E-state index contributed by atoms with van der Waals surface area (Å²) in [4.78, 5) is 6.63. The van der Waals surface area contributed by atoms with E-state index in [0.717, 1.165) is 25.3 Å². The summed E-state index contributed by atoms with van der Waals surface area (Å²) in [6.07, 6.45) is 8.21. The molecule has 6 nitrogen and oxygen atoms in total. The summed E-state index contributed by atoms with van der Waals surface area (Å²) < 4.78 is 5.07. The maximum atomic E-state index is 10.1. The summed E-state index contributed by atoms with van der Waals surface area (Å²) in [7, 11) is 1.48. The molecular weight excluding hydrogens is 318 g/mol. The molecule has 0 radical (unpaired) electrons. The first kappa shape index (κ1) is 18.6. The van der Waals surface area contributed by atoms with Gasteiger partial charge in [-0.3, -0.25) is 0 Å². The van der Waals surface area contributed by atoms with Crippen LogP contribution in [-0.2, 0) is 4.74 Å². The van der Waals surface area contributed by atoms with Crippen LogP contribution in [0.25, 0.3) is 0 Å². The molecule has 3 N–H and O–H groups in total. The Bertz CT molecular complexity index is 536. The van der Waals surface area contributed by atoms with Crippen molar-refractivity contribution in [3.8, 4) is 0 Å². The molecule has 1 saturated heterocycles. The number of nitrogens with zero attached hydrogens (tertiary/aromatic N) is 2. The number of nitrogens with one attached hydrogen (secondary N) is 1. The number of hydrogen-bond acceptors (Lipinski definition) is 6. The molecule has 3 atom stereocenters. The molecule has 1 aromatic rings. The molecule has 140 valence electrons. The lowest BCUT2D eigenvalue weighted by Gasteiger charge is -2.41. The molecule has 0 spiro atoms. The fourth-order valence-electron chi connectivity index (χ4n) is 4.19. The molecule has 2 fully saturated rings. The van der Waals surface area contributed by atoms with Gasteiger partial charge in [0, 0.05) is 51.0 Å². The predicted octanol–water partition coefficient (Wildman–Crippen LogP) is 1.83. The van der Waals surface area contributed by atoms with Crippen molar-refractivity contribution in [2.24, 2.45) is 5.92 Å². The summed E-state index contributed by atoms with van der Waals surface area (Å²) in [5, 5.41) is 23.8. The zero-order chi connectivity index (χ0) is 17.6. The zero-order valence-electron chi connectivity index (χ0n) is 15.1. The molecule has 0 bridgehead atoms. The van der Waals surface area contributed by atoms with Gasteiger partial charge in [-0.15, -0.1) is 0 Å². The summed E-state index contributed by atoms with van der Waals surface area (Å²) in [5.41, 5.74) is 0.681. The highest BCUT2D eigenvalue weighted by Gasteiger charge is 2.32. The van der Waals surface area contributed by atoms with Gasteiger partial charge in [0.1, 0.15) is 5.82 Å². The number of aliphatic hydroxyl groups is 2.